The van der Waals surface area contributed by atoms with Gasteiger partial charge in [-0.05, 0) is 82.2 Å². The van der Waals surface area contributed by atoms with Crippen LogP contribution in [0.4, 0.5) is 5.69 Å². The third-order valence-electron chi connectivity index (χ3n) is 7.30. The van der Waals surface area contributed by atoms with E-state index in [0.717, 1.165) is 46.8 Å². The highest BCUT2D eigenvalue weighted by Crippen LogP contribution is 2.31. The smallest absolute Gasteiger partial charge is 0.329 e. The van der Waals surface area contributed by atoms with E-state index in [2.05, 4.69) is 12.1 Å². The van der Waals surface area contributed by atoms with Crippen LogP contribution in [0.15, 0.2) is 41.3 Å². The maximum atomic E-state index is 13.7. The van der Waals surface area contributed by atoms with E-state index in [9.17, 15) is 28.1 Å². The largest absolute Gasteiger partial charge is 0.458 e. The van der Waals surface area contributed by atoms with Crippen LogP contribution in [0.5, 0.6) is 0 Å². The Morgan fingerprint density at radius 3 is 2.44 bits per heavy atom. The van der Waals surface area contributed by atoms with Crippen molar-refractivity contribution in [3.63, 3.8) is 0 Å². The number of aryl methyl sites for hydroxylation is 3. The predicted octanol–water partition coefficient (Wildman–Crippen LogP) is 3.57. The molecule has 0 spiro atoms. The van der Waals surface area contributed by atoms with Crippen molar-refractivity contribution in [2.24, 2.45) is 0 Å². The molecule has 1 saturated heterocycles. The van der Waals surface area contributed by atoms with Gasteiger partial charge in [-0.3, -0.25) is 14.9 Å². The van der Waals surface area contributed by atoms with Crippen molar-refractivity contribution >= 4 is 27.6 Å². The zero-order valence-corrected chi connectivity index (χ0v) is 23.8. The number of piperazine rings is 1. The Kier molecular flexibility index (Phi) is 7.86. The zero-order chi connectivity index (χ0) is 28.7. The predicted molar refractivity (Wildman–Crippen MR) is 145 cm³/mol. The molecule has 0 aromatic heterocycles. The average molecular weight is 558 g/mol. The molecule has 2 aromatic rings. The van der Waals surface area contributed by atoms with Gasteiger partial charge in [-0.15, -0.1) is 0 Å². The van der Waals surface area contributed by atoms with Crippen molar-refractivity contribution in [2.75, 3.05) is 13.1 Å². The molecule has 0 unspecified atom stereocenters. The summed E-state index contributed by atoms with van der Waals surface area (Å²) in [5, 5.41) is 11.5. The molecular formula is C28H35N3O7S. The maximum absolute atomic E-state index is 13.7. The van der Waals surface area contributed by atoms with E-state index in [-0.39, 0.29) is 19.5 Å². The second-order valence-corrected chi connectivity index (χ2v) is 13.1. The van der Waals surface area contributed by atoms with E-state index < -0.39 is 55.1 Å². The number of carbonyl (C=O) groups excluding carboxylic acids is 2. The summed E-state index contributed by atoms with van der Waals surface area (Å²) in [6.45, 7) is 8.51. The van der Waals surface area contributed by atoms with Gasteiger partial charge >= 0.3 is 5.97 Å². The van der Waals surface area contributed by atoms with E-state index in [1.807, 2.05) is 6.92 Å². The summed E-state index contributed by atoms with van der Waals surface area (Å²) in [6, 6.07) is 7.20. The monoisotopic (exact) mass is 557 g/mol. The Morgan fingerprint density at radius 1 is 1.15 bits per heavy atom. The van der Waals surface area contributed by atoms with E-state index in [0.29, 0.717) is 0 Å². The molecule has 1 aliphatic carbocycles. The first-order valence-electron chi connectivity index (χ1n) is 13.1. The van der Waals surface area contributed by atoms with Gasteiger partial charge in [0, 0.05) is 25.6 Å². The SMILES string of the molecule is Cc1cc2c(cc1C[C@@H](C(=O)OC(C)(C)C)N1CCN(S(=O)(=O)c3ccccc3[N+](=O)[O-])[C@@H](C)C1=O)CCC2. The number of nitrogens with zero attached hydrogens (tertiary/aromatic N) is 3. The van der Waals surface area contributed by atoms with Crippen molar-refractivity contribution in [3.05, 3.63) is 68.8 Å². The van der Waals surface area contributed by atoms with Crippen LogP contribution >= 0.6 is 0 Å². The molecule has 10 nitrogen and oxygen atoms in total. The number of ether oxygens (including phenoxy) is 1. The van der Waals surface area contributed by atoms with E-state index in [1.54, 1.807) is 20.8 Å². The Bertz CT molecular complexity index is 1410. The number of rotatable bonds is 7. The number of nitro benzene ring substituents is 1. The summed E-state index contributed by atoms with van der Waals surface area (Å²) in [7, 11) is -4.36. The van der Waals surface area contributed by atoms with Crippen molar-refractivity contribution in [2.45, 2.75) is 82.9 Å². The molecule has 0 N–H and O–H groups in total. The van der Waals surface area contributed by atoms with Gasteiger partial charge in [0.2, 0.25) is 5.91 Å². The lowest BCUT2D eigenvalue weighted by molar-refractivity contribution is -0.387. The first-order chi connectivity index (χ1) is 18.2. The number of hydrogen-bond acceptors (Lipinski definition) is 7. The minimum absolute atomic E-state index is 0.0586. The van der Waals surface area contributed by atoms with Gasteiger partial charge < -0.3 is 9.64 Å². The van der Waals surface area contributed by atoms with Gasteiger partial charge in [-0.2, -0.15) is 4.31 Å². The molecule has 39 heavy (non-hydrogen) atoms. The highest BCUT2D eigenvalue weighted by atomic mass is 32.2. The summed E-state index contributed by atoms with van der Waals surface area (Å²) in [6.07, 6.45) is 3.32. The average Bonchev–Trinajstić information content (AvgIpc) is 3.30. The molecule has 1 heterocycles. The number of carbonyl (C=O) groups is 2. The Hall–Kier alpha value is -3.31. The van der Waals surface area contributed by atoms with Crippen LogP contribution in [0, 0.1) is 17.0 Å². The fraction of sp³-hybridized carbons (Fsp3) is 0.500. The number of nitro groups is 1. The molecule has 0 radical (unpaired) electrons. The standard InChI is InChI=1S/C28H35N3O7S/c1-18-15-20-9-8-10-21(20)16-22(18)17-24(27(33)38-28(3,4)5)29-13-14-30(19(2)26(29)32)39(36,37)25-12-7-6-11-23(25)31(34)35/h6-7,11-12,15-16,19,24H,8-10,13-14,17H2,1-5H3/t19-,24-/m0/s1. The number of amides is 1. The van der Waals surface area contributed by atoms with Crippen molar-refractivity contribution in [3.8, 4) is 0 Å². The van der Waals surface area contributed by atoms with Crippen molar-refractivity contribution in [1.29, 1.82) is 0 Å². The summed E-state index contributed by atoms with van der Waals surface area (Å²) in [4.78, 5) is 38.8. The van der Waals surface area contributed by atoms with Crippen LogP contribution in [0.3, 0.4) is 0 Å². The fourth-order valence-corrected chi connectivity index (χ4v) is 7.12. The van der Waals surface area contributed by atoms with Crippen LogP contribution in [0.25, 0.3) is 0 Å². The maximum Gasteiger partial charge on any atom is 0.329 e. The quantitative estimate of drug-likeness (QED) is 0.289. The molecule has 0 saturated carbocycles. The summed E-state index contributed by atoms with van der Waals surface area (Å²) in [5.74, 6) is -1.11. The zero-order valence-electron chi connectivity index (χ0n) is 23.0. The summed E-state index contributed by atoms with van der Waals surface area (Å²) < 4.78 is 33.6. The second kappa shape index (κ2) is 10.7. The molecule has 1 fully saturated rings. The summed E-state index contributed by atoms with van der Waals surface area (Å²) in [5.41, 5.74) is 3.19. The first kappa shape index (κ1) is 28.7. The third-order valence-corrected chi connectivity index (χ3v) is 9.32. The molecule has 11 heteroatoms. The molecule has 210 valence electrons. The highest BCUT2D eigenvalue weighted by molar-refractivity contribution is 7.89. The van der Waals surface area contributed by atoms with Crippen molar-refractivity contribution < 1.29 is 27.7 Å². The Balaban J connectivity index is 1.65. The van der Waals surface area contributed by atoms with Gasteiger partial charge in [-0.1, -0.05) is 24.3 Å². The van der Waals surface area contributed by atoms with Crippen molar-refractivity contribution in [1.82, 2.24) is 9.21 Å². The van der Waals surface area contributed by atoms with Gasteiger partial charge in [0.15, 0.2) is 4.90 Å². The van der Waals surface area contributed by atoms with Gasteiger partial charge in [0.25, 0.3) is 15.7 Å². The number of hydrogen-bond donors (Lipinski definition) is 0. The number of sulfonamides is 1. The summed E-state index contributed by atoms with van der Waals surface area (Å²) >= 11 is 0. The second-order valence-electron chi connectivity index (χ2n) is 11.2. The Labute approximate surface area is 229 Å². The van der Waals surface area contributed by atoms with Crippen LogP contribution in [-0.4, -0.2) is 65.2 Å². The van der Waals surface area contributed by atoms with Gasteiger partial charge in [0.1, 0.15) is 17.7 Å². The van der Waals surface area contributed by atoms with Crippen LogP contribution in [0.2, 0.25) is 0 Å². The lowest BCUT2D eigenvalue weighted by Crippen LogP contribution is -2.62. The van der Waals surface area contributed by atoms with E-state index in [4.69, 9.17) is 4.74 Å². The fourth-order valence-electron chi connectivity index (χ4n) is 5.38. The molecule has 0 bridgehead atoms. The van der Waals surface area contributed by atoms with E-state index in [1.165, 1.54) is 35.1 Å². The molecule has 1 amide bonds. The van der Waals surface area contributed by atoms with Crippen LogP contribution < -0.4 is 0 Å². The highest BCUT2D eigenvalue weighted by Gasteiger charge is 2.45. The molecular weight excluding hydrogens is 522 g/mol. The van der Waals surface area contributed by atoms with Crippen LogP contribution in [-0.2, 0) is 43.6 Å². The lowest BCUT2D eigenvalue weighted by Gasteiger charge is -2.41. The molecule has 4 rings (SSSR count). The minimum Gasteiger partial charge on any atom is -0.458 e. The number of fused-ring (bicyclic) bond motifs is 1. The normalized spacial score (nSPS) is 19.1. The first-order valence-corrected chi connectivity index (χ1v) is 14.5. The number of benzene rings is 2. The number of esters is 1. The lowest BCUT2D eigenvalue weighted by atomic mass is 9.94. The molecule has 2 atom stereocenters. The van der Waals surface area contributed by atoms with Gasteiger partial charge in [0.05, 0.1) is 4.92 Å². The third kappa shape index (κ3) is 5.84. The van der Waals surface area contributed by atoms with E-state index >= 15 is 0 Å². The number of para-hydroxylation sites is 1. The molecule has 1 aliphatic heterocycles. The minimum atomic E-state index is -4.36. The Morgan fingerprint density at radius 2 is 1.79 bits per heavy atom. The topological polar surface area (TPSA) is 127 Å². The van der Waals surface area contributed by atoms with Gasteiger partial charge in [-0.25, -0.2) is 13.2 Å². The molecule has 2 aliphatic rings. The molecule has 2 aromatic carbocycles. The van der Waals surface area contributed by atoms with Crippen LogP contribution in [0.1, 0.15) is 56.4 Å².